The highest BCUT2D eigenvalue weighted by molar-refractivity contribution is 7.92. The van der Waals surface area contributed by atoms with Gasteiger partial charge in [0, 0.05) is 25.7 Å². The van der Waals surface area contributed by atoms with E-state index in [-0.39, 0.29) is 10.8 Å². The number of para-hydroxylation sites is 2. The number of benzene rings is 2. The highest BCUT2D eigenvalue weighted by atomic mass is 32.2. The van der Waals surface area contributed by atoms with E-state index in [9.17, 15) is 13.2 Å². The second kappa shape index (κ2) is 9.59. The maximum absolute atomic E-state index is 13.0. The van der Waals surface area contributed by atoms with Crippen LogP contribution in [0.1, 0.15) is 37.0 Å². The second-order valence-electron chi connectivity index (χ2n) is 6.46. The normalized spacial score (nSPS) is 11.1. The molecular formula is C21H28N2O4S. The van der Waals surface area contributed by atoms with Crippen LogP contribution in [0.3, 0.4) is 0 Å². The third kappa shape index (κ3) is 4.65. The minimum absolute atomic E-state index is 0.0780. The predicted octanol–water partition coefficient (Wildman–Crippen LogP) is 3.78. The van der Waals surface area contributed by atoms with Crippen molar-refractivity contribution in [3.63, 3.8) is 0 Å². The van der Waals surface area contributed by atoms with E-state index >= 15 is 0 Å². The molecule has 2 aromatic rings. The van der Waals surface area contributed by atoms with Gasteiger partial charge in [0.05, 0.1) is 17.7 Å². The average molecular weight is 405 g/mol. The number of anilines is 1. The van der Waals surface area contributed by atoms with Gasteiger partial charge in [0.15, 0.2) is 0 Å². The first kappa shape index (κ1) is 21.8. The van der Waals surface area contributed by atoms with Crippen LogP contribution in [0.5, 0.6) is 5.75 Å². The van der Waals surface area contributed by atoms with Gasteiger partial charge in [-0.1, -0.05) is 26.0 Å². The third-order valence-electron chi connectivity index (χ3n) is 4.46. The summed E-state index contributed by atoms with van der Waals surface area (Å²) in [6.45, 7) is 5.42. The molecule has 0 aliphatic carbocycles. The number of methoxy groups -OCH3 is 1. The van der Waals surface area contributed by atoms with Crippen molar-refractivity contribution in [2.75, 3.05) is 31.6 Å². The predicted molar refractivity (Wildman–Crippen MR) is 112 cm³/mol. The van der Waals surface area contributed by atoms with Crippen molar-refractivity contribution in [3.05, 3.63) is 54.1 Å². The fraction of sp³-hybridized carbons (Fsp3) is 0.381. The monoisotopic (exact) mass is 404 g/mol. The molecule has 0 spiro atoms. The Kier molecular flexibility index (Phi) is 7.45. The molecule has 0 aliphatic rings. The maximum Gasteiger partial charge on any atom is 0.264 e. The standard InChI is InChI=1S/C21H28N2O4S/c1-5-15-23(16-6-2)21(24)17-11-13-18(14-12-17)28(25,26)22(3)19-9-7-8-10-20(19)27-4/h7-14H,5-6,15-16H2,1-4H3. The number of carbonyl (C=O) groups excluding carboxylic acids is 1. The van der Waals surface area contributed by atoms with Gasteiger partial charge in [-0.2, -0.15) is 0 Å². The van der Waals surface area contributed by atoms with Gasteiger partial charge in [0.25, 0.3) is 15.9 Å². The molecular weight excluding hydrogens is 376 g/mol. The van der Waals surface area contributed by atoms with E-state index in [1.54, 1.807) is 41.3 Å². The lowest BCUT2D eigenvalue weighted by Crippen LogP contribution is -2.32. The van der Waals surface area contributed by atoms with Crippen molar-refractivity contribution in [2.24, 2.45) is 0 Å². The number of hydrogen-bond donors (Lipinski definition) is 0. The van der Waals surface area contributed by atoms with Crippen LogP contribution in [-0.4, -0.2) is 46.5 Å². The molecule has 2 aromatic carbocycles. The van der Waals surface area contributed by atoms with Crippen LogP contribution in [0.4, 0.5) is 5.69 Å². The smallest absolute Gasteiger partial charge is 0.264 e. The Labute approximate surface area is 167 Å². The summed E-state index contributed by atoms with van der Waals surface area (Å²) in [7, 11) is -0.799. The van der Waals surface area contributed by atoms with E-state index < -0.39 is 10.0 Å². The summed E-state index contributed by atoms with van der Waals surface area (Å²) in [6.07, 6.45) is 1.75. The first-order valence-electron chi connectivity index (χ1n) is 9.38. The molecule has 0 fully saturated rings. The molecule has 0 saturated heterocycles. The molecule has 0 aliphatic heterocycles. The van der Waals surface area contributed by atoms with Crippen molar-refractivity contribution in [3.8, 4) is 5.75 Å². The van der Waals surface area contributed by atoms with Crippen LogP contribution in [0, 0.1) is 0 Å². The second-order valence-corrected chi connectivity index (χ2v) is 8.43. The van der Waals surface area contributed by atoms with Gasteiger partial charge in [-0.3, -0.25) is 9.10 Å². The van der Waals surface area contributed by atoms with Gasteiger partial charge in [0.1, 0.15) is 5.75 Å². The minimum atomic E-state index is -3.78. The zero-order valence-electron chi connectivity index (χ0n) is 16.9. The SMILES string of the molecule is CCCN(CCC)C(=O)c1ccc(S(=O)(=O)N(C)c2ccccc2OC)cc1. The topological polar surface area (TPSA) is 66.9 Å². The van der Waals surface area contributed by atoms with E-state index in [0.29, 0.717) is 30.1 Å². The summed E-state index contributed by atoms with van der Waals surface area (Å²) in [6, 6.07) is 13.0. The number of rotatable bonds is 9. The molecule has 0 N–H and O–H groups in total. The average Bonchev–Trinajstić information content (AvgIpc) is 2.72. The summed E-state index contributed by atoms with van der Waals surface area (Å²) < 4.78 is 32.4. The van der Waals surface area contributed by atoms with Crippen LogP contribution < -0.4 is 9.04 Å². The molecule has 28 heavy (non-hydrogen) atoms. The summed E-state index contributed by atoms with van der Waals surface area (Å²) in [5.41, 5.74) is 0.933. The fourth-order valence-electron chi connectivity index (χ4n) is 2.98. The fourth-order valence-corrected chi connectivity index (χ4v) is 4.19. The molecule has 0 atom stereocenters. The van der Waals surface area contributed by atoms with Gasteiger partial charge in [-0.25, -0.2) is 8.42 Å². The number of nitrogens with zero attached hydrogens (tertiary/aromatic N) is 2. The summed E-state index contributed by atoms with van der Waals surface area (Å²) in [5.74, 6) is 0.390. The molecule has 0 radical (unpaired) electrons. The molecule has 1 amide bonds. The Morgan fingerprint density at radius 3 is 2.07 bits per heavy atom. The van der Waals surface area contributed by atoms with Gasteiger partial charge in [-0.15, -0.1) is 0 Å². The van der Waals surface area contributed by atoms with Crippen molar-refractivity contribution < 1.29 is 17.9 Å². The van der Waals surface area contributed by atoms with Crippen LogP contribution in [0.15, 0.2) is 53.4 Å². The maximum atomic E-state index is 13.0. The molecule has 152 valence electrons. The molecule has 0 bridgehead atoms. The van der Waals surface area contributed by atoms with Crippen molar-refractivity contribution >= 4 is 21.6 Å². The van der Waals surface area contributed by atoms with E-state index in [1.807, 2.05) is 13.8 Å². The first-order chi connectivity index (χ1) is 13.4. The van der Waals surface area contributed by atoms with Crippen molar-refractivity contribution in [2.45, 2.75) is 31.6 Å². The van der Waals surface area contributed by atoms with E-state index in [4.69, 9.17) is 4.74 Å². The summed E-state index contributed by atoms with van der Waals surface area (Å²) in [5, 5.41) is 0. The largest absolute Gasteiger partial charge is 0.495 e. The van der Waals surface area contributed by atoms with Gasteiger partial charge >= 0.3 is 0 Å². The quantitative estimate of drug-likeness (QED) is 0.638. The lowest BCUT2D eigenvalue weighted by atomic mass is 10.2. The summed E-state index contributed by atoms with van der Waals surface area (Å²) in [4.78, 5) is 14.6. The Bertz CT molecular complexity index is 889. The molecule has 0 heterocycles. The van der Waals surface area contributed by atoms with E-state index in [2.05, 4.69) is 0 Å². The van der Waals surface area contributed by atoms with Crippen molar-refractivity contribution in [1.82, 2.24) is 4.90 Å². The van der Waals surface area contributed by atoms with Gasteiger partial charge < -0.3 is 9.64 Å². The van der Waals surface area contributed by atoms with Crippen LogP contribution in [-0.2, 0) is 10.0 Å². The molecule has 7 heteroatoms. The van der Waals surface area contributed by atoms with E-state index in [0.717, 1.165) is 12.8 Å². The number of hydrogen-bond acceptors (Lipinski definition) is 4. The number of carbonyl (C=O) groups is 1. The highest BCUT2D eigenvalue weighted by Gasteiger charge is 2.24. The lowest BCUT2D eigenvalue weighted by molar-refractivity contribution is 0.0755. The molecule has 6 nitrogen and oxygen atoms in total. The third-order valence-corrected chi connectivity index (χ3v) is 6.24. The van der Waals surface area contributed by atoms with Gasteiger partial charge in [-0.05, 0) is 49.2 Å². The van der Waals surface area contributed by atoms with Crippen molar-refractivity contribution in [1.29, 1.82) is 0 Å². The van der Waals surface area contributed by atoms with Crippen LogP contribution >= 0.6 is 0 Å². The number of ether oxygens (including phenoxy) is 1. The minimum Gasteiger partial charge on any atom is -0.495 e. The zero-order chi connectivity index (χ0) is 20.7. The lowest BCUT2D eigenvalue weighted by Gasteiger charge is -2.23. The zero-order valence-corrected chi connectivity index (χ0v) is 17.7. The number of sulfonamides is 1. The molecule has 2 rings (SSSR count). The Balaban J connectivity index is 2.29. The Hall–Kier alpha value is -2.54. The van der Waals surface area contributed by atoms with Crippen LogP contribution in [0.25, 0.3) is 0 Å². The first-order valence-corrected chi connectivity index (χ1v) is 10.8. The van der Waals surface area contributed by atoms with E-state index in [1.165, 1.54) is 30.6 Å². The van der Waals surface area contributed by atoms with Crippen LogP contribution in [0.2, 0.25) is 0 Å². The Morgan fingerprint density at radius 1 is 0.964 bits per heavy atom. The molecule has 0 saturated carbocycles. The number of amides is 1. The van der Waals surface area contributed by atoms with Gasteiger partial charge in [0.2, 0.25) is 0 Å². The molecule has 0 aromatic heterocycles. The Morgan fingerprint density at radius 2 is 1.54 bits per heavy atom. The highest BCUT2D eigenvalue weighted by Crippen LogP contribution is 2.30. The molecule has 0 unspecified atom stereocenters. The summed E-state index contributed by atoms with van der Waals surface area (Å²) >= 11 is 0.